The second-order valence-electron chi connectivity index (χ2n) is 7.02. The minimum Gasteiger partial charge on any atom is -0.464 e. The molecule has 0 aliphatic carbocycles. The van der Waals surface area contributed by atoms with Gasteiger partial charge in [0.25, 0.3) is 5.69 Å². The molecule has 2 rings (SSSR count). The molecule has 0 spiro atoms. The van der Waals surface area contributed by atoms with E-state index in [1.807, 2.05) is 4.90 Å². The molecule has 12 nitrogen and oxygen atoms in total. The van der Waals surface area contributed by atoms with Crippen LogP contribution in [0.15, 0.2) is 52.7 Å². The average Bonchev–Trinajstić information content (AvgIpc) is 2.76. The van der Waals surface area contributed by atoms with E-state index in [0.29, 0.717) is 24.5 Å². The number of ether oxygens (including phenoxy) is 2. The van der Waals surface area contributed by atoms with Gasteiger partial charge < -0.3 is 19.7 Å². The summed E-state index contributed by atoms with van der Waals surface area (Å²) in [6.07, 6.45) is 0. The number of nitrogens with zero attached hydrogens (tertiary/aromatic N) is 4. The van der Waals surface area contributed by atoms with Crippen LogP contribution in [0.1, 0.15) is 20.8 Å². The van der Waals surface area contributed by atoms with Crippen molar-refractivity contribution >= 4 is 46.3 Å². The number of benzene rings is 2. The Balaban J connectivity index is 2.14. The smallest absolute Gasteiger partial charge is 0.302 e. The van der Waals surface area contributed by atoms with Crippen LogP contribution in [0.3, 0.4) is 0 Å². The number of nitrogens with one attached hydrogen (secondary N) is 1. The summed E-state index contributed by atoms with van der Waals surface area (Å²) in [4.78, 5) is 45.8. The number of anilines is 2. The molecule has 0 aromatic heterocycles. The molecule has 0 aliphatic heterocycles. The molecule has 0 saturated heterocycles. The van der Waals surface area contributed by atoms with E-state index in [-0.39, 0.29) is 36.5 Å². The largest absolute Gasteiger partial charge is 0.464 e. The Kier molecular flexibility index (Phi) is 9.62. The Hall–Kier alpha value is -4.35. The predicted octanol–water partition coefficient (Wildman–Crippen LogP) is 3.90. The first kappa shape index (κ1) is 25.9. The third kappa shape index (κ3) is 8.65. The van der Waals surface area contributed by atoms with Crippen molar-refractivity contribution in [3.05, 3.63) is 52.6 Å². The summed E-state index contributed by atoms with van der Waals surface area (Å²) in [6.45, 7) is 5.05. The maximum absolute atomic E-state index is 11.3. The topological polar surface area (TPSA) is 153 Å². The van der Waals surface area contributed by atoms with Crippen molar-refractivity contribution in [2.24, 2.45) is 10.2 Å². The van der Waals surface area contributed by atoms with E-state index in [2.05, 4.69) is 15.5 Å². The third-order valence-corrected chi connectivity index (χ3v) is 4.32. The number of nitro benzene ring substituents is 1. The molecule has 2 aromatic carbocycles. The molecule has 12 heteroatoms. The maximum Gasteiger partial charge on any atom is 0.302 e. The lowest BCUT2D eigenvalue weighted by Gasteiger charge is -2.24. The van der Waals surface area contributed by atoms with E-state index in [4.69, 9.17) is 9.47 Å². The number of hydrogen-bond acceptors (Lipinski definition) is 10. The molecule has 0 atom stereocenters. The summed E-state index contributed by atoms with van der Waals surface area (Å²) >= 11 is 0. The highest BCUT2D eigenvalue weighted by Gasteiger charge is 2.15. The summed E-state index contributed by atoms with van der Waals surface area (Å²) in [7, 11) is 0. The van der Waals surface area contributed by atoms with E-state index in [1.165, 1.54) is 39.0 Å². The number of nitro groups is 1. The van der Waals surface area contributed by atoms with Gasteiger partial charge in [0.15, 0.2) is 0 Å². The summed E-state index contributed by atoms with van der Waals surface area (Å²) < 4.78 is 10.00. The summed E-state index contributed by atoms with van der Waals surface area (Å²) in [6, 6.07) is 11.0. The maximum atomic E-state index is 11.3. The number of azo groups is 1. The fourth-order valence-corrected chi connectivity index (χ4v) is 2.85. The summed E-state index contributed by atoms with van der Waals surface area (Å²) in [5, 5.41) is 21.7. The SMILES string of the molecule is CC(=O)Nc1cc(N=Nc2ccc(N(CCOC(C)=O)CCOC(C)=O)cc2)ccc1[N+](=O)[O-]. The average molecular weight is 471 g/mol. The molecule has 0 saturated carbocycles. The number of rotatable bonds is 11. The molecule has 34 heavy (non-hydrogen) atoms. The Morgan fingerprint density at radius 1 is 0.912 bits per heavy atom. The van der Waals surface area contributed by atoms with Gasteiger partial charge >= 0.3 is 11.9 Å². The van der Waals surface area contributed by atoms with Gasteiger partial charge in [0.1, 0.15) is 18.9 Å². The van der Waals surface area contributed by atoms with E-state index in [9.17, 15) is 24.5 Å². The fourth-order valence-electron chi connectivity index (χ4n) is 2.85. The molecule has 1 amide bonds. The quantitative estimate of drug-likeness (QED) is 0.224. The van der Waals surface area contributed by atoms with Crippen LogP contribution in [0.25, 0.3) is 0 Å². The lowest BCUT2D eigenvalue weighted by molar-refractivity contribution is -0.383. The molecule has 1 N–H and O–H groups in total. The highest BCUT2D eigenvalue weighted by atomic mass is 16.6. The molecule has 0 unspecified atom stereocenters. The van der Waals surface area contributed by atoms with Crippen LogP contribution >= 0.6 is 0 Å². The first-order valence-electron chi connectivity index (χ1n) is 10.2. The second kappa shape index (κ2) is 12.6. The van der Waals surface area contributed by atoms with Gasteiger partial charge in [0, 0.05) is 32.5 Å². The Morgan fingerprint density at radius 2 is 1.44 bits per heavy atom. The van der Waals surface area contributed by atoms with Crippen molar-refractivity contribution in [1.82, 2.24) is 0 Å². The van der Waals surface area contributed by atoms with Crippen LogP contribution < -0.4 is 10.2 Å². The van der Waals surface area contributed by atoms with Crippen molar-refractivity contribution in [3.63, 3.8) is 0 Å². The lowest BCUT2D eigenvalue weighted by atomic mass is 10.2. The van der Waals surface area contributed by atoms with Gasteiger partial charge in [0.05, 0.1) is 29.4 Å². The molecule has 180 valence electrons. The molecule has 2 aromatic rings. The van der Waals surface area contributed by atoms with Gasteiger partial charge in [-0.3, -0.25) is 24.5 Å². The van der Waals surface area contributed by atoms with Crippen LogP contribution in [0.5, 0.6) is 0 Å². The molecule has 0 heterocycles. The lowest BCUT2D eigenvalue weighted by Crippen LogP contribution is -2.31. The van der Waals surface area contributed by atoms with E-state index < -0.39 is 10.8 Å². The van der Waals surface area contributed by atoms with Crippen LogP contribution in [-0.4, -0.2) is 49.1 Å². The van der Waals surface area contributed by atoms with Gasteiger partial charge in [-0.25, -0.2) is 0 Å². The number of hydrogen-bond donors (Lipinski definition) is 1. The Labute approximate surface area is 195 Å². The van der Waals surface area contributed by atoms with Crippen molar-refractivity contribution in [2.45, 2.75) is 20.8 Å². The number of carbonyl (C=O) groups is 3. The highest BCUT2D eigenvalue weighted by molar-refractivity contribution is 5.92. The Bertz CT molecular complexity index is 1050. The number of esters is 2. The minimum absolute atomic E-state index is 0.0282. The second-order valence-corrected chi connectivity index (χ2v) is 7.02. The van der Waals surface area contributed by atoms with Gasteiger partial charge in [-0.05, 0) is 36.4 Å². The standard InChI is InChI=1S/C22H25N5O7/c1-15(28)23-21-14-19(6-9-22(21)27(31)32)25-24-18-4-7-20(8-5-18)26(10-12-33-16(2)29)11-13-34-17(3)30/h4-9,14H,10-13H2,1-3H3,(H,23,28). The molecular weight excluding hydrogens is 446 g/mol. The monoisotopic (exact) mass is 471 g/mol. The molecular formula is C22H25N5O7. The summed E-state index contributed by atoms with van der Waals surface area (Å²) in [5.41, 5.74) is 1.41. The number of amides is 1. The predicted molar refractivity (Wildman–Crippen MR) is 123 cm³/mol. The van der Waals surface area contributed by atoms with Crippen molar-refractivity contribution in [2.75, 3.05) is 36.5 Å². The number of carbonyl (C=O) groups excluding carboxylic acids is 3. The zero-order valence-electron chi connectivity index (χ0n) is 19.0. The zero-order valence-corrected chi connectivity index (χ0v) is 19.0. The van der Waals surface area contributed by atoms with Gasteiger partial charge in [0.2, 0.25) is 5.91 Å². The third-order valence-electron chi connectivity index (χ3n) is 4.32. The van der Waals surface area contributed by atoms with Gasteiger partial charge in [-0.15, -0.1) is 0 Å². The normalized spacial score (nSPS) is 10.6. The molecule has 0 fully saturated rings. The van der Waals surface area contributed by atoms with E-state index >= 15 is 0 Å². The zero-order chi connectivity index (χ0) is 25.1. The van der Waals surface area contributed by atoms with Crippen LogP contribution in [0.2, 0.25) is 0 Å². The molecule has 0 aliphatic rings. The first-order chi connectivity index (χ1) is 16.2. The van der Waals surface area contributed by atoms with Crippen molar-refractivity contribution in [1.29, 1.82) is 0 Å². The van der Waals surface area contributed by atoms with Gasteiger partial charge in [-0.2, -0.15) is 10.2 Å². The molecule has 0 bridgehead atoms. The van der Waals surface area contributed by atoms with Crippen molar-refractivity contribution in [3.8, 4) is 0 Å². The highest BCUT2D eigenvalue weighted by Crippen LogP contribution is 2.30. The first-order valence-corrected chi connectivity index (χ1v) is 10.2. The molecule has 0 radical (unpaired) electrons. The van der Waals surface area contributed by atoms with Crippen LogP contribution in [0, 0.1) is 10.1 Å². The summed E-state index contributed by atoms with van der Waals surface area (Å²) in [5.74, 6) is -1.22. The van der Waals surface area contributed by atoms with E-state index in [1.54, 1.807) is 24.3 Å². The fraction of sp³-hybridized carbons (Fsp3) is 0.318. The van der Waals surface area contributed by atoms with E-state index in [0.717, 1.165) is 5.69 Å². The Morgan fingerprint density at radius 3 is 1.94 bits per heavy atom. The van der Waals surface area contributed by atoms with Crippen LogP contribution in [0.4, 0.5) is 28.4 Å². The van der Waals surface area contributed by atoms with Crippen molar-refractivity contribution < 1.29 is 28.8 Å². The van der Waals surface area contributed by atoms with Crippen LogP contribution in [-0.2, 0) is 23.9 Å². The van der Waals surface area contributed by atoms with Gasteiger partial charge in [-0.1, -0.05) is 0 Å². The minimum atomic E-state index is -0.598.